The maximum atomic E-state index is 14.5. The number of carbonyl (C=O) groups excluding carboxylic acids is 2. The molecule has 144 valence electrons. The fourth-order valence-corrected chi connectivity index (χ4v) is 7.62. The van der Waals surface area contributed by atoms with E-state index in [0.29, 0.717) is 21.7 Å². The first-order valence-electron chi connectivity index (χ1n) is 9.44. The van der Waals surface area contributed by atoms with Gasteiger partial charge in [0.2, 0.25) is 0 Å². The van der Waals surface area contributed by atoms with E-state index in [1.807, 2.05) is 60.7 Å². The van der Waals surface area contributed by atoms with Crippen LogP contribution in [-0.4, -0.2) is 28.2 Å². The van der Waals surface area contributed by atoms with Crippen LogP contribution < -0.4 is 15.9 Å². The molecule has 2 aliphatic rings. The summed E-state index contributed by atoms with van der Waals surface area (Å²) in [7, 11) is -3.16. The Labute approximate surface area is 168 Å². The van der Waals surface area contributed by atoms with Crippen LogP contribution >= 0.6 is 7.14 Å². The lowest BCUT2D eigenvalue weighted by atomic mass is 10.1. The van der Waals surface area contributed by atoms with Crippen LogP contribution in [0, 0.1) is 0 Å². The summed E-state index contributed by atoms with van der Waals surface area (Å²) in [4.78, 5) is 27.3. The zero-order valence-electron chi connectivity index (χ0n) is 15.8. The number of carbonyl (C=O) groups is 2. The number of hydrogen-bond acceptors (Lipinski definition) is 4. The first-order chi connectivity index (χ1) is 14.0. The predicted molar refractivity (Wildman–Crippen MR) is 112 cm³/mol. The minimum absolute atomic E-state index is 0.351. The third-order valence-corrected chi connectivity index (χ3v) is 9.27. The Morgan fingerprint density at radius 3 is 1.62 bits per heavy atom. The summed E-state index contributed by atoms with van der Waals surface area (Å²) < 4.78 is 14.5. The molecule has 6 heteroatoms. The Morgan fingerprint density at radius 2 is 1.17 bits per heavy atom. The van der Waals surface area contributed by atoms with Gasteiger partial charge < -0.3 is 4.57 Å². The van der Waals surface area contributed by atoms with Crippen molar-refractivity contribution in [3.63, 3.8) is 0 Å². The molecule has 1 saturated heterocycles. The van der Waals surface area contributed by atoms with Gasteiger partial charge in [-0.15, -0.1) is 0 Å². The SMILES string of the molecule is C[C@@]1(N2C(=O)c3ccccc3C2=O)N[C@H]1P(=O)(c1ccccc1)c1ccccc1. The van der Waals surface area contributed by atoms with Crippen molar-refractivity contribution in [1.82, 2.24) is 10.2 Å². The second-order valence-electron chi connectivity index (χ2n) is 7.51. The van der Waals surface area contributed by atoms with Crippen LogP contribution in [0.15, 0.2) is 84.9 Å². The first kappa shape index (κ1) is 18.0. The van der Waals surface area contributed by atoms with Crippen LogP contribution in [0.1, 0.15) is 27.6 Å². The highest BCUT2D eigenvalue weighted by molar-refractivity contribution is 7.79. The number of rotatable bonds is 4. The van der Waals surface area contributed by atoms with E-state index in [1.54, 1.807) is 31.2 Å². The summed E-state index contributed by atoms with van der Waals surface area (Å²) in [6.45, 7) is 1.78. The molecule has 5 nitrogen and oxygen atoms in total. The van der Waals surface area contributed by atoms with E-state index in [4.69, 9.17) is 0 Å². The molecule has 2 amide bonds. The maximum absolute atomic E-state index is 14.5. The van der Waals surface area contributed by atoms with Crippen molar-refractivity contribution in [1.29, 1.82) is 0 Å². The normalized spacial score (nSPS) is 23.2. The van der Waals surface area contributed by atoms with Gasteiger partial charge in [-0.25, -0.2) is 0 Å². The number of amides is 2. The summed E-state index contributed by atoms with van der Waals surface area (Å²) in [5.41, 5.74) is -0.241. The van der Waals surface area contributed by atoms with Gasteiger partial charge in [0, 0.05) is 10.6 Å². The molecule has 0 spiro atoms. The van der Waals surface area contributed by atoms with E-state index in [2.05, 4.69) is 5.32 Å². The lowest BCUT2D eigenvalue weighted by Gasteiger charge is -2.25. The maximum Gasteiger partial charge on any atom is 0.263 e. The highest BCUT2D eigenvalue weighted by Gasteiger charge is 2.67. The second kappa shape index (κ2) is 6.24. The van der Waals surface area contributed by atoms with Crippen LogP contribution in [0.25, 0.3) is 0 Å². The van der Waals surface area contributed by atoms with E-state index in [9.17, 15) is 14.2 Å². The smallest absolute Gasteiger partial charge is 0.263 e. The van der Waals surface area contributed by atoms with Gasteiger partial charge >= 0.3 is 0 Å². The van der Waals surface area contributed by atoms with E-state index >= 15 is 0 Å². The van der Waals surface area contributed by atoms with Gasteiger partial charge in [-0.05, 0) is 19.1 Å². The number of hydrogen-bond donors (Lipinski definition) is 1. The molecule has 1 N–H and O–H groups in total. The lowest BCUT2D eigenvalue weighted by Crippen LogP contribution is -2.44. The average molecular weight is 402 g/mol. The molecule has 5 rings (SSSR count). The summed E-state index contributed by atoms with van der Waals surface area (Å²) in [6.07, 6.45) is 0. The molecular weight excluding hydrogens is 383 g/mol. The standard InChI is InChI=1S/C23H19N2O3P/c1-23(25-20(26)18-14-8-9-15-19(18)21(25)27)22(24-23)29(28,16-10-4-2-5-11-16)17-12-6-3-7-13-17/h2-15,22,24H,1H3/t22-,23-/m0/s1. The van der Waals surface area contributed by atoms with E-state index in [0.717, 1.165) is 0 Å². The number of nitrogens with zero attached hydrogens (tertiary/aromatic N) is 1. The van der Waals surface area contributed by atoms with Crippen LogP contribution in [0.3, 0.4) is 0 Å². The van der Waals surface area contributed by atoms with Crippen molar-refractivity contribution in [2.24, 2.45) is 0 Å². The molecule has 0 saturated carbocycles. The summed E-state index contributed by atoms with van der Waals surface area (Å²) >= 11 is 0. The largest absolute Gasteiger partial charge is 0.312 e. The highest BCUT2D eigenvalue weighted by Crippen LogP contribution is 2.59. The Morgan fingerprint density at radius 1 is 0.759 bits per heavy atom. The molecule has 0 aliphatic carbocycles. The van der Waals surface area contributed by atoms with E-state index in [-0.39, 0.29) is 11.8 Å². The van der Waals surface area contributed by atoms with Gasteiger partial charge in [0.15, 0.2) is 7.14 Å². The molecular formula is C23H19N2O3P. The second-order valence-corrected chi connectivity index (χ2v) is 10.4. The Bertz CT molecular complexity index is 1100. The number of imide groups is 1. The van der Waals surface area contributed by atoms with Crippen molar-refractivity contribution in [2.45, 2.75) is 18.4 Å². The summed E-state index contributed by atoms with van der Waals surface area (Å²) in [6, 6.07) is 25.3. The molecule has 0 bridgehead atoms. The number of nitrogens with one attached hydrogen (secondary N) is 1. The third kappa shape index (κ3) is 2.48. The van der Waals surface area contributed by atoms with E-state index in [1.165, 1.54) is 4.90 Å². The predicted octanol–water partition coefficient (Wildman–Crippen LogP) is 2.94. The van der Waals surface area contributed by atoms with Crippen molar-refractivity contribution in [3.8, 4) is 0 Å². The van der Waals surface area contributed by atoms with Gasteiger partial charge in [-0.3, -0.25) is 19.8 Å². The molecule has 0 unspecified atom stereocenters. The van der Waals surface area contributed by atoms with Gasteiger partial charge in [-0.2, -0.15) is 0 Å². The Hall–Kier alpha value is -3.01. The molecule has 3 aromatic carbocycles. The van der Waals surface area contributed by atoms with Gasteiger partial charge in [-0.1, -0.05) is 72.8 Å². The first-order valence-corrected chi connectivity index (χ1v) is 11.2. The van der Waals surface area contributed by atoms with Crippen LogP contribution in [0.5, 0.6) is 0 Å². The van der Waals surface area contributed by atoms with Crippen molar-refractivity contribution < 1.29 is 14.2 Å². The van der Waals surface area contributed by atoms with E-state index < -0.39 is 18.6 Å². The monoisotopic (exact) mass is 402 g/mol. The molecule has 1 fully saturated rings. The van der Waals surface area contributed by atoms with Crippen molar-refractivity contribution >= 4 is 29.6 Å². The van der Waals surface area contributed by atoms with Gasteiger partial charge in [0.05, 0.1) is 11.1 Å². The summed E-state index contributed by atoms with van der Waals surface area (Å²) in [5.74, 6) is -1.26. The zero-order chi connectivity index (χ0) is 20.2. The zero-order valence-corrected chi connectivity index (χ0v) is 16.7. The molecule has 2 atom stereocenters. The number of fused-ring (bicyclic) bond motifs is 1. The molecule has 2 heterocycles. The van der Waals surface area contributed by atoms with Crippen molar-refractivity contribution in [2.75, 3.05) is 0 Å². The van der Waals surface area contributed by atoms with Crippen LogP contribution in [0.2, 0.25) is 0 Å². The molecule has 2 aliphatic heterocycles. The fraction of sp³-hybridized carbons (Fsp3) is 0.130. The lowest BCUT2D eigenvalue weighted by molar-refractivity contribution is 0.0569. The number of benzene rings is 3. The molecule has 0 radical (unpaired) electrons. The van der Waals surface area contributed by atoms with Crippen molar-refractivity contribution in [3.05, 3.63) is 96.1 Å². The molecule has 29 heavy (non-hydrogen) atoms. The molecule has 0 aromatic heterocycles. The minimum atomic E-state index is -3.16. The fourth-order valence-electron chi connectivity index (χ4n) is 4.22. The van der Waals surface area contributed by atoms with Crippen LogP contribution in [0.4, 0.5) is 0 Å². The quantitative estimate of drug-likeness (QED) is 0.414. The molecule has 3 aromatic rings. The van der Waals surface area contributed by atoms with Crippen LogP contribution in [-0.2, 0) is 4.57 Å². The third-order valence-electron chi connectivity index (χ3n) is 5.78. The highest BCUT2D eigenvalue weighted by atomic mass is 31.2. The van der Waals surface area contributed by atoms with Gasteiger partial charge in [0.25, 0.3) is 11.8 Å². The van der Waals surface area contributed by atoms with Gasteiger partial charge in [0.1, 0.15) is 11.4 Å². The topological polar surface area (TPSA) is 76.4 Å². The Balaban J connectivity index is 1.60. The minimum Gasteiger partial charge on any atom is -0.312 e. The summed E-state index contributed by atoms with van der Waals surface area (Å²) in [5, 5.41) is 4.64. The Kier molecular flexibility index (Phi) is 3.89. The average Bonchev–Trinajstić information content (AvgIpc) is 3.39.